The fraction of sp³-hybridized carbons (Fsp3) is 0.938. The summed E-state index contributed by atoms with van der Waals surface area (Å²) in [5.41, 5.74) is -0.531. The average Bonchev–Trinajstić information content (AvgIpc) is 3.22. The van der Waals surface area contributed by atoms with Gasteiger partial charge in [0.05, 0.1) is 7.11 Å². The van der Waals surface area contributed by atoms with Crippen molar-refractivity contribution in [1.29, 1.82) is 0 Å². The highest BCUT2D eigenvalue weighted by Crippen LogP contribution is 2.27. The number of carbonyl (C=O) groups is 1. The van der Waals surface area contributed by atoms with Crippen LogP contribution in [0.15, 0.2) is 0 Å². The lowest BCUT2D eigenvalue weighted by Crippen LogP contribution is -2.54. The van der Waals surface area contributed by atoms with Crippen LogP contribution in [-0.2, 0) is 9.53 Å². The van der Waals surface area contributed by atoms with Crippen molar-refractivity contribution in [2.24, 2.45) is 5.92 Å². The third-order valence-electron chi connectivity index (χ3n) is 4.88. The van der Waals surface area contributed by atoms with Gasteiger partial charge < -0.3 is 9.64 Å². The van der Waals surface area contributed by atoms with Crippen molar-refractivity contribution in [1.82, 2.24) is 10.2 Å². The van der Waals surface area contributed by atoms with E-state index in [9.17, 15) is 4.79 Å². The van der Waals surface area contributed by atoms with Crippen LogP contribution in [0.2, 0.25) is 0 Å². The van der Waals surface area contributed by atoms with Gasteiger partial charge in [-0.1, -0.05) is 6.92 Å². The summed E-state index contributed by atoms with van der Waals surface area (Å²) in [5, 5.41) is 3.48. The molecule has 0 bridgehead atoms. The monoisotopic (exact) mass is 282 g/mol. The van der Waals surface area contributed by atoms with Gasteiger partial charge in [0.15, 0.2) is 0 Å². The number of piperidine rings is 1. The van der Waals surface area contributed by atoms with Crippen LogP contribution in [0.4, 0.5) is 0 Å². The molecule has 0 radical (unpaired) electrons. The van der Waals surface area contributed by atoms with Crippen molar-refractivity contribution in [2.75, 3.05) is 20.2 Å². The maximum atomic E-state index is 12.1. The molecular weight excluding hydrogens is 252 g/mol. The number of nitrogens with zero attached hydrogens (tertiary/aromatic N) is 1. The van der Waals surface area contributed by atoms with E-state index in [1.165, 1.54) is 32.8 Å². The van der Waals surface area contributed by atoms with Crippen molar-refractivity contribution in [3.05, 3.63) is 0 Å². The second kappa shape index (κ2) is 6.44. The number of hydrogen-bond donors (Lipinski definition) is 1. The summed E-state index contributed by atoms with van der Waals surface area (Å²) in [6, 6.07) is 1.14. The Morgan fingerprint density at radius 3 is 2.60 bits per heavy atom. The van der Waals surface area contributed by atoms with E-state index in [4.69, 9.17) is 4.74 Å². The zero-order chi connectivity index (χ0) is 14.8. The largest absolute Gasteiger partial charge is 0.468 e. The highest BCUT2D eigenvalue weighted by Gasteiger charge is 2.39. The molecule has 116 valence electrons. The van der Waals surface area contributed by atoms with Crippen LogP contribution in [-0.4, -0.2) is 48.7 Å². The van der Waals surface area contributed by atoms with Crippen molar-refractivity contribution < 1.29 is 9.53 Å². The minimum Gasteiger partial charge on any atom is -0.468 e. The van der Waals surface area contributed by atoms with E-state index in [2.05, 4.69) is 24.1 Å². The summed E-state index contributed by atoms with van der Waals surface area (Å²) in [6.45, 7) is 8.74. The molecular formula is C16H30N2O2. The Labute approximate surface area is 123 Å². The molecule has 0 aromatic carbocycles. The van der Waals surface area contributed by atoms with Crippen LogP contribution in [0.1, 0.15) is 52.9 Å². The normalized spacial score (nSPS) is 30.8. The second-order valence-electron chi connectivity index (χ2n) is 7.02. The van der Waals surface area contributed by atoms with Crippen LogP contribution in [0.25, 0.3) is 0 Å². The fourth-order valence-electron chi connectivity index (χ4n) is 3.20. The first kappa shape index (κ1) is 15.8. The van der Waals surface area contributed by atoms with Crippen LogP contribution >= 0.6 is 0 Å². The van der Waals surface area contributed by atoms with Crippen molar-refractivity contribution in [3.8, 4) is 0 Å². The Morgan fingerprint density at radius 2 is 2.00 bits per heavy atom. The standard InChI is InChI=1S/C16H30N2O2/c1-12-5-6-13(2)18(11-12)10-9-16(3,15(19)20-4)17-14-7-8-14/h12-14,17H,5-11H2,1-4H3. The predicted molar refractivity (Wildman–Crippen MR) is 80.6 cm³/mol. The molecule has 3 unspecified atom stereocenters. The Bertz CT molecular complexity index is 343. The first-order chi connectivity index (χ1) is 9.44. The summed E-state index contributed by atoms with van der Waals surface area (Å²) < 4.78 is 5.01. The molecule has 1 saturated carbocycles. The van der Waals surface area contributed by atoms with E-state index < -0.39 is 5.54 Å². The third-order valence-corrected chi connectivity index (χ3v) is 4.88. The summed E-state index contributed by atoms with van der Waals surface area (Å²) in [6.07, 6.45) is 5.79. The van der Waals surface area contributed by atoms with Gasteiger partial charge >= 0.3 is 5.97 Å². The van der Waals surface area contributed by atoms with E-state index in [0.29, 0.717) is 12.1 Å². The van der Waals surface area contributed by atoms with Gasteiger partial charge in [0, 0.05) is 25.2 Å². The second-order valence-corrected chi connectivity index (χ2v) is 7.02. The number of likely N-dealkylation sites (tertiary alicyclic amines) is 1. The number of carbonyl (C=O) groups excluding carboxylic acids is 1. The summed E-state index contributed by atoms with van der Waals surface area (Å²) in [4.78, 5) is 14.6. The first-order valence-electron chi connectivity index (χ1n) is 8.05. The number of rotatable bonds is 6. The molecule has 1 saturated heterocycles. The maximum absolute atomic E-state index is 12.1. The van der Waals surface area contributed by atoms with E-state index in [0.717, 1.165) is 25.4 Å². The lowest BCUT2D eigenvalue weighted by molar-refractivity contribution is -0.148. The number of nitrogens with one attached hydrogen (secondary N) is 1. The van der Waals surface area contributed by atoms with E-state index >= 15 is 0 Å². The molecule has 1 N–H and O–H groups in total. The van der Waals surface area contributed by atoms with Gasteiger partial charge in [-0.15, -0.1) is 0 Å². The summed E-state index contributed by atoms with van der Waals surface area (Å²) in [5.74, 6) is 0.647. The summed E-state index contributed by atoms with van der Waals surface area (Å²) in [7, 11) is 1.49. The van der Waals surface area contributed by atoms with Gasteiger partial charge in [-0.05, 0) is 51.9 Å². The van der Waals surface area contributed by atoms with Crippen LogP contribution in [0, 0.1) is 5.92 Å². The Balaban J connectivity index is 1.91. The van der Waals surface area contributed by atoms with E-state index in [1.54, 1.807) is 0 Å². The lowest BCUT2D eigenvalue weighted by atomic mass is 9.92. The van der Waals surface area contributed by atoms with E-state index in [1.807, 2.05) is 6.92 Å². The predicted octanol–water partition coefficient (Wildman–Crippen LogP) is 2.18. The molecule has 0 aromatic rings. The fourth-order valence-corrected chi connectivity index (χ4v) is 3.20. The number of hydrogen-bond acceptors (Lipinski definition) is 4. The van der Waals surface area contributed by atoms with Gasteiger partial charge in [0.2, 0.25) is 0 Å². The minimum atomic E-state index is -0.531. The number of ether oxygens (including phenoxy) is 1. The Kier molecular flexibility index (Phi) is 5.08. The van der Waals surface area contributed by atoms with Crippen molar-refractivity contribution in [2.45, 2.75) is 70.5 Å². The SMILES string of the molecule is COC(=O)C(C)(CCN1CC(C)CCC1C)NC1CC1. The topological polar surface area (TPSA) is 41.6 Å². The maximum Gasteiger partial charge on any atom is 0.325 e. The van der Waals surface area contributed by atoms with Gasteiger partial charge in [0.25, 0.3) is 0 Å². The molecule has 2 aliphatic rings. The Morgan fingerprint density at radius 1 is 1.30 bits per heavy atom. The van der Waals surface area contributed by atoms with Crippen molar-refractivity contribution >= 4 is 5.97 Å². The first-order valence-corrected chi connectivity index (χ1v) is 8.05. The molecule has 4 heteroatoms. The molecule has 20 heavy (non-hydrogen) atoms. The molecule has 2 fully saturated rings. The molecule has 1 aliphatic heterocycles. The molecule has 4 nitrogen and oxygen atoms in total. The average molecular weight is 282 g/mol. The molecule has 0 amide bonds. The smallest absolute Gasteiger partial charge is 0.325 e. The van der Waals surface area contributed by atoms with Crippen LogP contribution in [0.5, 0.6) is 0 Å². The van der Waals surface area contributed by atoms with Gasteiger partial charge in [-0.25, -0.2) is 0 Å². The lowest BCUT2D eigenvalue weighted by Gasteiger charge is -2.39. The quantitative estimate of drug-likeness (QED) is 0.758. The van der Waals surface area contributed by atoms with Gasteiger partial charge in [-0.2, -0.15) is 0 Å². The highest BCUT2D eigenvalue weighted by molar-refractivity contribution is 5.80. The minimum absolute atomic E-state index is 0.123. The van der Waals surface area contributed by atoms with Crippen LogP contribution in [0.3, 0.4) is 0 Å². The Hall–Kier alpha value is -0.610. The molecule has 3 atom stereocenters. The molecule has 0 spiro atoms. The zero-order valence-corrected chi connectivity index (χ0v) is 13.4. The number of esters is 1. The van der Waals surface area contributed by atoms with Gasteiger partial charge in [-0.3, -0.25) is 10.1 Å². The molecule has 2 rings (SSSR count). The van der Waals surface area contributed by atoms with Crippen molar-refractivity contribution in [3.63, 3.8) is 0 Å². The third kappa shape index (κ3) is 3.95. The number of methoxy groups -OCH3 is 1. The summed E-state index contributed by atoms with van der Waals surface area (Å²) >= 11 is 0. The van der Waals surface area contributed by atoms with Gasteiger partial charge in [0.1, 0.15) is 5.54 Å². The molecule has 1 aliphatic carbocycles. The molecule has 0 aromatic heterocycles. The van der Waals surface area contributed by atoms with Crippen LogP contribution < -0.4 is 5.32 Å². The van der Waals surface area contributed by atoms with E-state index in [-0.39, 0.29) is 5.97 Å². The zero-order valence-electron chi connectivity index (χ0n) is 13.4. The molecule has 1 heterocycles. The highest BCUT2D eigenvalue weighted by atomic mass is 16.5.